The summed E-state index contributed by atoms with van der Waals surface area (Å²) < 4.78 is 5.85. The fourth-order valence-corrected chi connectivity index (χ4v) is 1.81. The summed E-state index contributed by atoms with van der Waals surface area (Å²) in [5, 5.41) is 8.73. The van der Waals surface area contributed by atoms with Gasteiger partial charge in [0.2, 0.25) is 0 Å². The molecule has 0 amide bonds. The Bertz CT molecular complexity index is 427. The van der Waals surface area contributed by atoms with E-state index in [1.54, 1.807) is 0 Å². The van der Waals surface area contributed by atoms with E-state index in [9.17, 15) is 0 Å². The van der Waals surface area contributed by atoms with E-state index in [1.807, 2.05) is 0 Å². The number of hydrogen-bond acceptors (Lipinski definition) is 2. The van der Waals surface area contributed by atoms with Crippen molar-refractivity contribution in [1.82, 2.24) is 0 Å². The van der Waals surface area contributed by atoms with Gasteiger partial charge in [-0.25, -0.2) is 0 Å². The number of nitriles is 1. The summed E-state index contributed by atoms with van der Waals surface area (Å²) in [4.78, 5) is 0. The van der Waals surface area contributed by atoms with Gasteiger partial charge in [-0.2, -0.15) is 5.26 Å². The molecule has 2 rings (SSSR count). The molecule has 1 aliphatic rings. The van der Waals surface area contributed by atoms with Crippen molar-refractivity contribution in [2.45, 2.75) is 33.1 Å². The second kappa shape index (κ2) is 4.17. The van der Waals surface area contributed by atoms with Gasteiger partial charge in [0, 0.05) is 11.8 Å². The lowest BCUT2D eigenvalue weighted by molar-refractivity contribution is 0.235. The van der Waals surface area contributed by atoms with Crippen LogP contribution in [0.4, 0.5) is 0 Å². The Morgan fingerprint density at radius 1 is 1.38 bits per heavy atom. The van der Waals surface area contributed by atoms with Gasteiger partial charge in [0.15, 0.2) is 0 Å². The van der Waals surface area contributed by atoms with Crippen LogP contribution in [-0.4, -0.2) is 6.61 Å². The van der Waals surface area contributed by atoms with Crippen LogP contribution in [0.1, 0.15) is 30.4 Å². The van der Waals surface area contributed by atoms with Crippen LogP contribution in [-0.2, 0) is 0 Å². The summed E-state index contributed by atoms with van der Waals surface area (Å²) in [6, 6.07) is 8.49. The third kappa shape index (κ3) is 2.36. The number of rotatable bonds is 4. The second-order valence-electron chi connectivity index (χ2n) is 4.89. The Labute approximate surface area is 96.9 Å². The van der Waals surface area contributed by atoms with E-state index in [4.69, 9.17) is 10.00 Å². The van der Waals surface area contributed by atoms with Gasteiger partial charge < -0.3 is 4.74 Å². The molecule has 0 aliphatic heterocycles. The zero-order valence-electron chi connectivity index (χ0n) is 9.92. The lowest BCUT2D eigenvalue weighted by atomic mass is 10.1. The van der Waals surface area contributed by atoms with Gasteiger partial charge in [-0.05, 0) is 43.9 Å². The second-order valence-corrected chi connectivity index (χ2v) is 4.89. The van der Waals surface area contributed by atoms with Crippen LogP contribution in [0.5, 0.6) is 5.75 Å². The van der Waals surface area contributed by atoms with E-state index in [-0.39, 0.29) is 5.41 Å². The SMILES string of the molecule is Cc1ccc(C)c(OCC2(CC#N)CC2)c1. The van der Waals surface area contributed by atoms with Crippen LogP contribution < -0.4 is 4.74 Å². The molecule has 1 fully saturated rings. The van der Waals surface area contributed by atoms with Gasteiger partial charge >= 0.3 is 0 Å². The molecule has 1 aliphatic carbocycles. The molecule has 0 atom stereocenters. The zero-order valence-corrected chi connectivity index (χ0v) is 9.92. The summed E-state index contributed by atoms with van der Waals surface area (Å²) in [5.41, 5.74) is 2.54. The van der Waals surface area contributed by atoms with Gasteiger partial charge in [0.25, 0.3) is 0 Å². The van der Waals surface area contributed by atoms with Crippen LogP contribution in [0.2, 0.25) is 0 Å². The first-order valence-electron chi connectivity index (χ1n) is 5.72. The molecule has 0 aromatic heterocycles. The molecule has 16 heavy (non-hydrogen) atoms. The van der Waals surface area contributed by atoms with Crippen molar-refractivity contribution in [3.8, 4) is 11.8 Å². The molecular weight excluding hydrogens is 198 g/mol. The minimum absolute atomic E-state index is 0.158. The Morgan fingerprint density at radius 3 is 2.75 bits per heavy atom. The van der Waals surface area contributed by atoms with Crippen molar-refractivity contribution in [3.63, 3.8) is 0 Å². The zero-order chi connectivity index (χ0) is 11.6. The fourth-order valence-electron chi connectivity index (χ4n) is 1.81. The number of ether oxygens (including phenoxy) is 1. The first-order valence-corrected chi connectivity index (χ1v) is 5.72. The van der Waals surface area contributed by atoms with Crippen molar-refractivity contribution in [2.24, 2.45) is 5.41 Å². The topological polar surface area (TPSA) is 33.0 Å². The van der Waals surface area contributed by atoms with Gasteiger partial charge in [-0.15, -0.1) is 0 Å². The van der Waals surface area contributed by atoms with Crippen molar-refractivity contribution in [1.29, 1.82) is 5.26 Å². The molecule has 0 bridgehead atoms. The highest BCUT2D eigenvalue weighted by atomic mass is 16.5. The van der Waals surface area contributed by atoms with E-state index in [0.717, 1.165) is 18.6 Å². The Balaban J connectivity index is 2.00. The summed E-state index contributed by atoms with van der Waals surface area (Å²) in [7, 11) is 0. The maximum Gasteiger partial charge on any atom is 0.122 e. The normalized spacial score (nSPS) is 16.6. The molecule has 0 spiro atoms. The first-order chi connectivity index (χ1) is 7.65. The van der Waals surface area contributed by atoms with Crippen molar-refractivity contribution in [2.75, 3.05) is 6.61 Å². The molecule has 0 radical (unpaired) electrons. The van der Waals surface area contributed by atoms with E-state index >= 15 is 0 Å². The lowest BCUT2D eigenvalue weighted by Crippen LogP contribution is -2.12. The average molecular weight is 215 g/mol. The molecule has 1 saturated carbocycles. The molecule has 0 unspecified atom stereocenters. The molecular formula is C14H17NO. The van der Waals surface area contributed by atoms with Crippen LogP contribution in [0.25, 0.3) is 0 Å². The van der Waals surface area contributed by atoms with Crippen molar-refractivity contribution >= 4 is 0 Å². The smallest absolute Gasteiger partial charge is 0.122 e. The maximum atomic E-state index is 8.73. The largest absolute Gasteiger partial charge is 0.493 e. The molecule has 0 N–H and O–H groups in total. The predicted octanol–water partition coefficient (Wildman–Crippen LogP) is 3.38. The van der Waals surface area contributed by atoms with E-state index in [2.05, 4.69) is 38.1 Å². The predicted molar refractivity (Wildman–Crippen MR) is 63.3 cm³/mol. The highest BCUT2D eigenvalue weighted by Gasteiger charge is 2.43. The number of aryl methyl sites for hydroxylation is 2. The van der Waals surface area contributed by atoms with E-state index in [0.29, 0.717) is 13.0 Å². The Hall–Kier alpha value is -1.49. The summed E-state index contributed by atoms with van der Waals surface area (Å²) in [6.07, 6.45) is 2.88. The molecule has 1 aromatic carbocycles. The summed E-state index contributed by atoms with van der Waals surface area (Å²) >= 11 is 0. The molecule has 84 valence electrons. The van der Waals surface area contributed by atoms with Crippen molar-refractivity contribution < 1.29 is 4.74 Å². The van der Waals surface area contributed by atoms with Gasteiger partial charge in [0.1, 0.15) is 5.75 Å². The molecule has 2 heteroatoms. The molecule has 0 saturated heterocycles. The Morgan fingerprint density at radius 2 is 2.12 bits per heavy atom. The minimum atomic E-state index is 0.158. The lowest BCUT2D eigenvalue weighted by Gasteiger charge is -2.14. The standard InChI is InChI=1S/C14H17NO/c1-11-3-4-12(2)13(9-11)16-10-14(5-6-14)7-8-15/h3-4,9H,5-7,10H2,1-2H3. The molecule has 0 heterocycles. The van der Waals surface area contributed by atoms with Crippen LogP contribution in [0, 0.1) is 30.6 Å². The Kier molecular flexibility index (Phi) is 2.87. The fraction of sp³-hybridized carbons (Fsp3) is 0.500. The molecule has 2 nitrogen and oxygen atoms in total. The first kappa shape index (κ1) is 11.0. The maximum absolute atomic E-state index is 8.73. The van der Waals surface area contributed by atoms with Gasteiger partial charge in [-0.3, -0.25) is 0 Å². The van der Waals surface area contributed by atoms with Gasteiger partial charge in [0.05, 0.1) is 12.7 Å². The van der Waals surface area contributed by atoms with E-state index < -0.39 is 0 Å². The minimum Gasteiger partial charge on any atom is -0.493 e. The van der Waals surface area contributed by atoms with Crippen LogP contribution in [0.15, 0.2) is 18.2 Å². The van der Waals surface area contributed by atoms with Crippen LogP contribution >= 0.6 is 0 Å². The average Bonchev–Trinajstić information content (AvgIpc) is 3.01. The van der Waals surface area contributed by atoms with Gasteiger partial charge in [-0.1, -0.05) is 12.1 Å². The number of hydrogen-bond donors (Lipinski definition) is 0. The van der Waals surface area contributed by atoms with E-state index in [1.165, 1.54) is 11.1 Å². The summed E-state index contributed by atoms with van der Waals surface area (Å²) in [6.45, 7) is 4.80. The third-order valence-corrected chi connectivity index (χ3v) is 3.29. The number of nitrogens with zero attached hydrogens (tertiary/aromatic N) is 1. The number of benzene rings is 1. The monoisotopic (exact) mass is 215 g/mol. The third-order valence-electron chi connectivity index (χ3n) is 3.29. The summed E-state index contributed by atoms with van der Waals surface area (Å²) in [5.74, 6) is 0.962. The quantitative estimate of drug-likeness (QED) is 0.771. The van der Waals surface area contributed by atoms with Crippen molar-refractivity contribution in [3.05, 3.63) is 29.3 Å². The highest BCUT2D eigenvalue weighted by molar-refractivity contribution is 5.36. The molecule has 1 aromatic rings. The highest BCUT2D eigenvalue weighted by Crippen LogP contribution is 2.48. The van der Waals surface area contributed by atoms with Crippen LogP contribution in [0.3, 0.4) is 0 Å².